The van der Waals surface area contributed by atoms with Crippen LogP contribution in [0.4, 0.5) is 26.0 Å². The summed E-state index contributed by atoms with van der Waals surface area (Å²) in [6.45, 7) is 2.75. The number of hydrogen-bond acceptors (Lipinski definition) is 8. The number of nitrogens with one attached hydrogen (secondary N) is 2. The minimum Gasteiger partial charge on any atom is -0.384 e. The number of pyridine rings is 1. The number of carbonyl (C=O) groups is 1. The van der Waals surface area contributed by atoms with Crippen LogP contribution in [0.25, 0.3) is 0 Å². The van der Waals surface area contributed by atoms with E-state index in [1.807, 2.05) is 53.5 Å². The predicted octanol–water partition coefficient (Wildman–Crippen LogP) is 3.72. The van der Waals surface area contributed by atoms with Gasteiger partial charge in [-0.25, -0.2) is 28.8 Å². The zero-order chi connectivity index (χ0) is 27.2. The van der Waals surface area contributed by atoms with E-state index in [2.05, 4.69) is 15.6 Å². The van der Waals surface area contributed by atoms with Crippen LogP contribution < -0.4 is 20.5 Å². The molecule has 0 aliphatic carbocycles. The molecule has 0 spiro atoms. The molecule has 2 aromatic rings. The van der Waals surface area contributed by atoms with Crippen molar-refractivity contribution in [2.24, 2.45) is 4.99 Å². The highest BCUT2D eigenvalue weighted by Crippen LogP contribution is 2.34. The van der Waals surface area contributed by atoms with Crippen LogP contribution in [-0.2, 0) is 10.4 Å². The third-order valence-electron chi connectivity index (χ3n) is 7.64. The lowest BCUT2D eigenvalue weighted by molar-refractivity contribution is -0.124. The largest absolute Gasteiger partial charge is 0.384 e. The molecule has 2 atom stereocenters. The number of aromatic nitrogens is 1. The van der Waals surface area contributed by atoms with Gasteiger partial charge in [-0.1, -0.05) is 18.2 Å². The molecule has 204 valence electrons. The molecule has 4 aliphatic heterocycles. The van der Waals surface area contributed by atoms with Crippen molar-refractivity contribution in [2.75, 3.05) is 34.9 Å². The van der Waals surface area contributed by atoms with E-state index in [9.17, 15) is 18.7 Å². The fourth-order valence-corrected chi connectivity index (χ4v) is 5.32. The first-order chi connectivity index (χ1) is 18.7. The number of carbonyl (C=O) groups excluding carboxylic acids is 1. The fourth-order valence-electron chi connectivity index (χ4n) is 5.32. The maximum atomic E-state index is 13.5. The van der Waals surface area contributed by atoms with E-state index in [1.165, 1.54) is 0 Å². The highest BCUT2D eigenvalue weighted by Gasteiger charge is 2.45. The summed E-state index contributed by atoms with van der Waals surface area (Å²) in [5.74, 6) is -1.76. The molecule has 1 amide bonds. The minimum absolute atomic E-state index is 0.138. The topological polar surface area (TPSA) is 96.3 Å². The molecule has 2 unspecified atom stereocenters. The third-order valence-corrected chi connectivity index (χ3v) is 7.64. The number of hydrazine groups is 1. The van der Waals surface area contributed by atoms with Gasteiger partial charge < -0.3 is 20.6 Å². The van der Waals surface area contributed by atoms with Gasteiger partial charge in [-0.15, -0.1) is 0 Å². The Morgan fingerprint density at radius 3 is 2.62 bits per heavy atom. The second-order valence-electron chi connectivity index (χ2n) is 10.5. The average molecular weight is 536 g/mol. The Balaban J connectivity index is 1.22. The summed E-state index contributed by atoms with van der Waals surface area (Å²) in [6.07, 6.45) is 5.82. The van der Waals surface area contributed by atoms with E-state index in [4.69, 9.17) is 4.98 Å². The van der Waals surface area contributed by atoms with Gasteiger partial charge >= 0.3 is 0 Å². The summed E-state index contributed by atoms with van der Waals surface area (Å²) < 4.78 is 27.0. The molecule has 2 fully saturated rings. The standard InChI is InChI=1S/C28H31F2N7O2/c1-27(39)12-3-2-4-15-36-25(38)21-18-31-26(34-24(21)37(36)23-7-5-6-22(27)33-23)32-19-8-10-20(11-9-19)35-16-13-28(29,30)14-17-35/h2,4-11,18,24,39H,3,12-17H2,1H3,(H2,31,32,34)/b4-2-. The van der Waals surface area contributed by atoms with E-state index >= 15 is 0 Å². The van der Waals surface area contributed by atoms with Crippen LogP contribution in [0.15, 0.2) is 71.4 Å². The van der Waals surface area contributed by atoms with Crippen molar-refractivity contribution in [2.45, 2.75) is 50.3 Å². The Bertz CT molecular complexity index is 1350. The van der Waals surface area contributed by atoms with Gasteiger partial charge in [-0.3, -0.25) is 4.79 Å². The molecule has 0 radical (unpaired) electrons. The van der Waals surface area contributed by atoms with Gasteiger partial charge in [-0.05, 0) is 56.2 Å². The molecule has 1 aromatic carbocycles. The van der Waals surface area contributed by atoms with Crippen LogP contribution in [0.2, 0.25) is 0 Å². The second kappa shape index (κ2) is 9.64. The molecule has 6 rings (SSSR count). The Morgan fingerprint density at radius 1 is 1.08 bits per heavy atom. The van der Waals surface area contributed by atoms with Crippen molar-refractivity contribution in [1.82, 2.24) is 15.3 Å². The first kappa shape index (κ1) is 25.3. The number of guanidine groups is 1. The van der Waals surface area contributed by atoms with E-state index < -0.39 is 17.7 Å². The summed E-state index contributed by atoms with van der Waals surface area (Å²) in [6, 6.07) is 13.0. The predicted molar refractivity (Wildman–Crippen MR) is 145 cm³/mol. The Hall–Kier alpha value is -3.99. The normalized spacial score (nSPS) is 26.9. The molecule has 3 N–H and O–H groups in total. The smallest absolute Gasteiger partial charge is 0.274 e. The van der Waals surface area contributed by atoms with Gasteiger partial charge in [0.25, 0.3) is 11.8 Å². The van der Waals surface area contributed by atoms with Crippen molar-refractivity contribution >= 4 is 29.1 Å². The number of allylic oxidation sites excluding steroid dienone is 1. The lowest BCUT2D eigenvalue weighted by atomic mass is 9.95. The maximum Gasteiger partial charge on any atom is 0.274 e. The molecular weight excluding hydrogens is 504 g/mol. The van der Waals surface area contributed by atoms with Gasteiger partial charge in [0, 0.05) is 43.5 Å². The van der Waals surface area contributed by atoms with Crippen LogP contribution in [0, 0.1) is 0 Å². The van der Waals surface area contributed by atoms with Crippen LogP contribution >= 0.6 is 0 Å². The summed E-state index contributed by atoms with van der Waals surface area (Å²) in [5, 5.41) is 21.0. The van der Waals surface area contributed by atoms with Crippen LogP contribution in [0.1, 0.15) is 38.3 Å². The molecule has 5 heterocycles. The molecule has 0 saturated carbocycles. The molecule has 2 saturated heterocycles. The maximum absolute atomic E-state index is 13.5. The number of benzene rings is 1. The Morgan fingerprint density at radius 2 is 1.85 bits per heavy atom. The van der Waals surface area contributed by atoms with E-state index in [0.29, 0.717) is 55.5 Å². The molecule has 9 nitrogen and oxygen atoms in total. The first-order valence-corrected chi connectivity index (χ1v) is 13.2. The number of piperidine rings is 1. The zero-order valence-electron chi connectivity index (χ0n) is 21.6. The van der Waals surface area contributed by atoms with Crippen molar-refractivity contribution in [3.05, 3.63) is 72.1 Å². The summed E-state index contributed by atoms with van der Waals surface area (Å²) in [7, 11) is 0. The van der Waals surface area contributed by atoms with E-state index in [0.717, 1.165) is 11.4 Å². The van der Waals surface area contributed by atoms with Crippen molar-refractivity contribution in [3.63, 3.8) is 0 Å². The quantitative estimate of drug-likeness (QED) is 0.505. The van der Waals surface area contributed by atoms with E-state index in [1.54, 1.807) is 29.2 Å². The molecule has 11 heteroatoms. The van der Waals surface area contributed by atoms with Crippen molar-refractivity contribution < 1.29 is 18.7 Å². The minimum atomic E-state index is -2.58. The summed E-state index contributed by atoms with van der Waals surface area (Å²) in [5.41, 5.74) is 1.59. The third kappa shape index (κ3) is 4.94. The number of fused-ring (bicyclic) bond motifs is 6. The first-order valence-electron chi connectivity index (χ1n) is 13.2. The molecule has 4 aliphatic rings. The van der Waals surface area contributed by atoms with Crippen molar-refractivity contribution in [3.8, 4) is 0 Å². The lowest BCUT2D eigenvalue weighted by Gasteiger charge is -2.34. The Labute approximate surface area is 225 Å². The van der Waals surface area contributed by atoms with Gasteiger partial charge in [-0.2, -0.15) is 0 Å². The van der Waals surface area contributed by atoms with Gasteiger partial charge in [0.05, 0.1) is 17.8 Å². The number of rotatable bonds is 2. The van der Waals surface area contributed by atoms with Gasteiger partial charge in [0.1, 0.15) is 11.4 Å². The molecular formula is C28H31F2N7O2. The molecule has 1 aromatic heterocycles. The lowest BCUT2D eigenvalue weighted by Crippen LogP contribution is -2.53. The van der Waals surface area contributed by atoms with Crippen LogP contribution in [0.3, 0.4) is 0 Å². The van der Waals surface area contributed by atoms with Gasteiger partial charge in [0.15, 0.2) is 6.17 Å². The highest BCUT2D eigenvalue weighted by molar-refractivity contribution is 6.04. The zero-order valence-corrected chi connectivity index (χ0v) is 21.6. The number of aliphatic imine (C=N–C) groups is 1. The summed E-state index contributed by atoms with van der Waals surface area (Å²) in [4.78, 5) is 24.5. The SMILES string of the molecule is CC1(O)CC/C=C\CN2C(=O)C3=CN=C(Nc4ccc(N5CCC(F)(F)CC5)cc4)NC3N2c2cccc1n2. The molecule has 39 heavy (non-hydrogen) atoms. The van der Waals surface area contributed by atoms with E-state index in [-0.39, 0.29) is 18.7 Å². The monoisotopic (exact) mass is 535 g/mol. The van der Waals surface area contributed by atoms with Crippen LogP contribution in [-0.4, -0.2) is 58.7 Å². The number of alkyl halides is 2. The molecule has 2 bridgehead atoms. The number of aliphatic hydroxyl groups is 1. The van der Waals surface area contributed by atoms with Crippen molar-refractivity contribution in [1.29, 1.82) is 0 Å². The summed E-state index contributed by atoms with van der Waals surface area (Å²) >= 11 is 0. The number of amides is 1. The fraction of sp³-hybridized carbons (Fsp3) is 0.393. The second-order valence-corrected chi connectivity index (χ2v) is 10.5. The van der Waals surface area contributed by atoms with Crippen LogP contribution in [0.5, 0.6) is 0 Å². The van der Waals surface area contributed by atoms with Gasteiger partial charge in [0.2, 0.25) is 5.96 Å². The average Bonchev–Trinajstić information content (AvgIpc) is 3.19. The Kier molecular flexibility index (Phi) is 6.25. The highest BCUT2D eigenvalue weighted by atomic mass is 19.3. The number of hydrogen-bond donors (Lipinski definition) is 3. The number of halogens is 2. The number of anilines is 3. The number of nitrogens with zero attached hydrogens (tertiary/aromatic N) is 5.